The summed E-state index contributed by atoms with van der Waals surface area (Å²) >= 11 is 5.86. The minimum atomic E-state index is 0.0518. The lowest BCUT2D eigenvalue weighted by Gasteiger charge is -2.14. The fourth-order valence-corrected chi connectivity index (χ4v) is 1.74. The molecule has 6 nitrogen and oxygen atoms in total. The molecule has 0 saturated heterocycles. The van der Waals surface area contributed by atoms with Gasteiger partial charge >= 0.3 is 0 Å². The standard InChI is InChI=1S/C12H15ClN6/c1-3-15-11-17-10(13)18-12(19-11)16-8(2)9-4-6-14-7-5-9/h4-8H,3H2,1-2H3,(H2,15,16,17,18,19). The van der Waals surface area contributed by atoms with Crippen LogP contribution in [0.1, 0.15) is 25.5 Å². The molecule has 1 atom stereocenters. The number of pyridine rings is 1. The van der Waals surface area contributed by atoms with Crippen LogP contribution in [-0.4, -0.2) is 26.5 Å². The third-order valence-electron chi connectivity index (χ3n) is 2.49. The Kier molecular flexibility index (Phi) is 4.46. The molecule has 2 aromatic rings. The van der Waals surface area contributed by atoms with E-state index in [4.69, 9.17) is 11.6 Å². The van der Waals surface area contributed by atoms with E-state index in [0.29, 0.717) is 11.9 Å². The zero-order valence-electron chi connectivity index (χ0n) is 10.8. The first-order chi connectivity index (χ1) is 9.19. The van der Waals surface area contributed by atoms with Gasteiger partial charge in [-0.25, -0.2) is 0 Å². The average molecular weight is 279 g/mol. The smallest absolute Gasteiger partial charge is 0.229 e. The van der Waals surface area contributed by atoms with Gasteiger partial charge in [0.2, 0.25) is 17.2 Å². The van der Waals surface area contributed by atoms with E-state index in [1.165, 1.54) is 0 Å². The number of nitrogens with zero attached hydrogens (tertiary/aromatic N) is 4. The Balaban J connectivity index is 2.14. The number of rotatable bonds is 5. The second kappa shape index (κ2) is 6.29. The van der Waals surface area contributed by atoms with Crippen LogP contribution in [0.15, 0.2) is 24.5 Å². The second-order valence-corrected chi connectivity index (χ2v) is 4.27. The van der Waals surface area contributed by atoms with Gasteiger partial charge in [-0.05, 0) is 43.1 Å². The summed E-state index contributed by atoms with van der Waals surface area (Å²) in [5, 5.41) is 6.35. The molecule has 2 rings (SSSR count). The van der Waals surface area contributed by atoms with Gasteiger partial charge in [0.15, 0.2) is 0 Å². The maximum absolute atomic E-state index is 5.86. The fourth-order valence-electron chi connectivity index (χ4n) is 1.58. The molecular formula is C12H15ClN6. The van der Waals surface area contributed by atoms with Crippen molar-refractivity contribution in [2.45, 2.75) is 19.9 Å². The van der Waals surface area contributed by atoms with Crippen molar-refractivity contribution in [3.63, 3.8) is 0 Å². The number of aromatic nitrogens is 4. The Labute approximate surface area is 116 Å². The number of anilines is 2. The second-order valence-electron chi connectivity index (χ2n) is 3.93. The van der Waals surface area contributed by atoms with Crippen LogP contribution in [0.5, 0.6) is 0 Å². The van der Waals surface area contributed by atoms with Crippen molar-refractivity contribution < 1.29 is 0 Å². The predicted molar refractivity (Wildman–Crippen MR) is 75.3 cm³/mol. The van der Waals surface area contributed by atoms with Crippen molar-refractivity contribution in [1.82, 2.24) is 19.9 Å². The fraction of sp³-hybridized carbons (Fsp3) is 0.333. The molecule has 0 spiro atoms. The molecule has 0 radical (unpaired) electrons. The molecule has 0 amide bonds. The minimum absolute atomic E-state index is 0.0518. The van der Waals surface area contributed by atoms with Gasteiger partial charge in [0.25, 0.3) is 0 Å². The lowest BCUT2D eigenvalue weighted by molar-refractivity contribution is 0.850. The van der Waals surface area contributed by atoms with Gasteiger partial charge in [-0.1, -0.05) is 0 Å². The van der Waals surface area contributed by atoms with Gasteiger partial charge in [0.1, 0.15) is 0 Å². The number of hydrogen-bond acceptors (Lipinski definition) is 6. The van der Waals surface area contributed by atoms with Crippen LogP contribution < -0.4 is 10.6 Å². The lowest BCUT2D eigenvalue weighted by atomic mass is 10.1. The summed E-state index contributed by atoms with van der Waals surface area (Å²) < 4.78 is 0. The van der Waals surface area contributed by atoms with Crippen LogP contribution in [0.4, 0.5) is 11.9 Å². The highest BCUT2D eigenvalue weighted by atomic mass is 35.5. The van der Waals surface area contributed by atoms with Crippen LogP contribution in [-0.2, 0) is 0 Å². The molecule has 7 heteroatoms. The summed E-state index contributed by atoms with van der Waals surface area (Å²) in [6.45, 7) is 4.70. The number of hydrogen-bond donors (Lipinski definition) is 2. The summed E-state index contributed by atoms with van der Waals surface area (Å²) in [5.41, 5.74) is 1.09. The van der Waals surface area contributed by atoms with Crippen molar-refractivity contribution in [2.75, 3.05) is 17.2 Å². The molecular weight excluding hydrogens is 264 g/mol. The lowest BCUT2D eigenvalue weighted by Crippen LogP contribution is -2.12. The molecule has 1 unspecified atom stereocenters. The molecule has 2 heterocycles. The Morgan fingerprint density at radius 1 is 1.16 bits per heavy atom. The summed E-state index contributed by atoms with van der Waals surface area (Å²) in [4.78, 5) is 16.3. The van der Waals surface area contributed by atoms with Crippen LogP contribution >= 0.6 is 11.6 Å². The first-order valence-electron chi connectivity index (χ1n) is 6.01. The first-order valence-corrected chi connectivity index (χ1v) is 6.38. The third-order valence-corrected chi connectivity index (χ3v) is 2.66. The van der Waals surface area contributed by atoms with Crippen LogP contribution in [0, 0.1) is 0 Å². The Hall–Kier alpha value is -1.95. The zero-order valence-corrected chi connectivity index (χ0v) is 11.5. The highest BCUT2D eigenvalue weighted by Gasteiger charge is 2.09. The molecule has 0 aliphatic rings. The van der Waals surface area contributed by atoms with Crippen molar-refractivity contribution in [3.05, 3.63) is 35.4 Å². The highest BCUT2D eigenvalue weighted by molar-refractivity contribution is 6.28. The summed E-state index contributed by atoms with van der Waals surface area (Å²) in [6.07, 6.45) is 3.50. The molecule has 0 saturated carbocycles. The van der Waals surface area contributed by atoms with Gasteiger partial charge in [-0.3, -0.25) is 4.98 Å². The van der Waals surface area contributed by atoms with Gasteiger partial charge in [-0.2, -0.15) is 15.0 Å². The average Bonchev–Trinajstić information content (AvgIpc) is 2.39. The maximum atomic E-state index is 5.86. The van der Waals surface area contributed by atoms with Gasteiger partial charge in [-0.15, -0.1) is 0 Å². The highest BCUT2D eigenvalue weighted by Crippen LogP contribution is 2.17. The maximum Gasteiger partial charge on any atom is 0.229 e. The quantitative estimate of drug-likeness (QED) is 0.875. The van der Waals surface area contributed by atoms with E-state index in [0.717, 1.165) is 12.1 Å². The first kappa shape index (κ1) is 13.5. The SMILES string of the molecule is CCNc1nc(Cl)nc(NC(C)c2ccncc2)n1. The Bertz CT molecular complexity index is 533. The molecule has 2 N–H and O–H groups in total. The molecule has 2 aromatic heterocycles. The van der Waals surface area contributed by atoms with Gasteiger partial charge in [0, 0.05) is 18.9 Å². The van der Waals surface area contributed by atoms with E-state index in [2.05, 4.69) is 30.6 Å². The van der Waals surface area contributed by atoms with Crippen molar-refractivity contribution in [1.29, 1.82) is 0 Å². The van der Waals surface area contributed by atoms with E-state index >= 15 is 0 Å². The Morgan fingerprint density at radius 3 is 2.53 bits per heavy atom. The molecule has 0 aliphatic heterocycles. The summed E-state index contributed by atoms with van der Waals surface area (Å²) in [7, 11) is 0. The van der Waals surface area contributed by atoms with E-state index in [9.17, 15) is 0 Å². The number of halogens is 1. The van der Waals surface area contributed by atoms with Gasteiger partial charge < -0.3 is 10.6 Å². The van der Waals surface area contributed by atoms with Crippen molar-refractivity contribution in [3.8, 4) is 0 Å². The summed E-state index contributed by atoms with van der Waals surface area (Å²) in [6, 6.07) is 3.92. The van der Waals surface area contributed by atoms with Crippen LogP contribution in [0.3, 0.4) is 0 Å². The third kappa shape index (κ3) is 3.75. The molecule has 100 valence electrons. The van der Waals surface area contributed by atoms with Crippen molar-refractivity contribution in [2.24, 2.45) is 0 Å². The van der Waals surface area contributed by atoms with E-state index in [1.807, 2.05) is 26.0 Å². The minimum Gasteiger partial charge on any atom is -0.354 e. The number of nitrogens with one attached hydrogen (secondary N) is 2. The molecule has 0 bridgehead atoms. The predicted octanol–water partition coefficient (Wildman–Crippen LogP) is 2.52. The zero-order chi connectivity index (χ0) is 13.7. The van der Waals surface area contributed by atoms with Crippen LogP contribution in [0.2, 0.25) is 5.28 Å². The molecule has 0 aliphatic carbocycles. The van der Waals surface area contributed by atoms with Crippen molar-refractivity contribution >= 4 is 23.5 Å². The van der Waals surface area contributed by atoms with E-state index in [-0.39, 0.29) is 11.3 Å². The van der Waals surface area contributed by atoms with Crippen LogP contribution in [0.25, 0.3) is 0 Å². The molecule has 0 aromatic carbocycles. The van der Waals surface area contributed by atoms with Gasteiger partial charge in [0.05, 0.1) is 6.04 Å². The summed E-state index contributed by atoms with van der Waals surface area (Å²) in [5.74, 6) is 0.909. The Morgan fingerprint density at radius 2 is 1.84 bits per heavy atom. The largest absolute Gasteiger partial charge is 0.354 e. The van der Waals surface area contributed by atoms with E-state index in [1.54, 1.807) is 12.4 Å². The monoisotopic (exact) mass is 278 g/mol. The van der Waals surface area contributed by atoms with E-state index < -0.39 is 0 Å². The molecule has 0 fully saturated rings. The topological polar surface area (TPSA) is 75.6 Å². The molecule has 19 heavy (non-hydrogen) atoms. The normalized spacial score (nSPS) is 11.9.